The van der Waals surface area contributed by atoms with Crippen LogP contribution in [0.4, 0.5) is 21.9 Å². The number of fused-ring (bicyclic) bond motifs is 2. The van der Waals surface area contributed by atoms with Crippen LogP contribution in [0.3, 0.4) is 0 Å². The number of pyridine rings is 2. The number of nitrogens with one attached hydrogen (secondary N) is 2. The number of hydrogen-bond donors (Lipinski definition) is 2. The zero-order chi connectivity index (χ0) is 24.6. The highest BCUT2D eigenvalue weighted by molar-refractivity contribution is 5.98. The monoisotopic (exact) mass is 490 g/mol. The lowest BCUT2D eigenvalue weighted by Gasteiger charge is -2.35. The quantitative estimate of drug-likeness (QED) is 0.536. The van der Waals surface area contributed by atoms with E-state index in [2.05, 4.69) is 20.5 Å². The Morgan fingerprint density at radius 1 is 1.19 bits per heavy atom. The van der Waals surface area contributed by atoms with E-state index in [0.717, 1.165) is 36.2 Å². The maximum atomic E-state index is 12.9. The van der Waals surface area contributed by atoms with Gasteiger partial charge in [0, 0.05) is 37.1 Å². The molecule has 0 spiro atoms. The van der Waals surface area contributed by atoms with Gasteiger partial charge >= 0.3 is 6.09 Å². The normalized spacial score (nSPS) is 21.1. The fourth-order valence-corrected chi connectivity index (χ4v) is 5.05. The highest BCUT2D eigenvalue weighted by Gasteiger charge is 2.38. The molecule has 11 heteroatoms. The van der Waals surface area contributed by atoms with Crippen molar-refractivity contribution in [2.75, 3.05) is 55.1 Å². The first-order chi connectivity index (χ1) is 17.6. The van der Waals surface area contributed by atoms with Gasteiger partial charge in [-0.15, -0.1) is 0 Å². The maximum absolute atomic E-state index is 12.9. The summed E-state index contributed by atoms with van der Waals surface area (Å²) >= 11 is 0. The minimum absolute atomic E-state index is 0.0240. The molecular formula is C25H26N6O5. The molecule has 6 rings (SSSR count). The minimum Gasteiger partial charge on any atom is -0.482 e. The lowest BCUT2D eigenvalue weighted by molar-refractivity contribution is -0.118. The lowest BCUT2D eigenvalue weighted by atomic mass is 10.1. The molecule has 0 unspecified atom stereocenters. The van der Waals surface area contributed by atoms with Crippen LogP contribution in [0, 0.1) is 0 Å². The molecule has 2 aromatic heterocycles. The summed E-state index contributed by atoms with van der Waals surface area (Å²) in [4.78, 5) is 37.8. The highest BCUT2D eigenvalue weighted by atomic mass is 16.6. The van der Waals surface area contributed by atoms with Gasteiger partial charge in [-0.1, -0.05) is 0 Å². The Morgan fingerprint density at radius 3 is 2.94 bits per heavy atom. The highest BCUT2D eigenvalue weighted by Crippen LogP contribution is 2.35. The molecule has 3 aliphatic heterocycles. The van der Waals surface area contributed by atoms with Crippen LogP contribution < -0.4 is 29.9 Å². The van der Waals surface area contributed by atoms with Crippen molar-refractivity contribution < 1.29 is 23.8 Å². The van der Waals surface area contributed by atoms with Gasteiger partial charge in [0.15, 0.2) is 6.61 Å². The average Bonchev–Trinajstić information content (AvgIpc) is 3.56. The van der Waals surface area contributed by atoms with Gasteiger partial charge in [-0.05, 0) is 43.3 Å². The third-order valence-corrected chi connectivity index (χ3v) is 6.77. The number of ether oxygens (including phenoxy) is 3. The first-order valence-electron chi connectivity index (χ1n) is 11.9. The van der Waals surface area contributed by atoms with Gasteiger partial charge in [0.1, 0.15) is 17.9 Å². The van der Waals surface area contributed by atoms with Crippen molar-refractivity contribution in [2.24, 2.45) is 0 Å². The Labute approximate surface area is 207 Å². The molecule has 186 valence electrons. The maximum Gasteiger partial charge on any atom is 0.414 e. The fraction of sp³-hybridized carbons (Fsp3) is 0.360. The van der Waals surface area contributed by atoms with E-state index >= 15 is 0 Å². The first-order valence-corrected chi connectivity index (χ1v) is 11.9. The van der Waals surface area contributed by atoms with E-state index in [1.54, 1.807) is 36.4 Å². The van der Waals surface area contributed by atoms with Crippen LogP contribution >= 0.6 is 0 Å². The van der Waals surface area contributed by atoms with E-state index in [0.29, 0.717) is 29.5 Å². The van der Waals surface area contributed by atoms with Crippen LogP contribution in [0.2, 0.25) is 0 Å². The lowest BCUT2D eigenvalue weighted by Crippen LogP contribution is -2.48. The van der Waals surface area contributed by atoms with E-state index < -0.39 is 6.09 Å². The molecule has 0 bridgehead atoms. The number of aromatic nitrogens is 2. The third kappa shape index (κ3) is 4.01. The van der Waals surface area contributed by atoms with Crippen LogP contribution in [-0.4, -0.2) is 74.0 Å². The van der Waals surface area contributed by atoms with Crippen LogP contribution in [0.1, 0.15) is 6.42 Å². The largest absolute Gasteiger partial charge is 0.482 e. The van der Waals surface area contributed by atoms with E-state index in [4.69, 9.17) is 19.2 Å². The van der Waals surface area contributed by atoms with Gasteiger partial charge in [0.25, 0.3) is 5.91 Å². The summed E-state index contributed by atoms with van der Waals surface area (Å²) in [5, 5.41) is 6.25. The van der Waals surface area contributed by atoms with Gasteiger partial charge in [-0.25, -0.2) is 9.78 Å². The second kappa shape index (κ2) is 9.15. The second-order valence-electron chi connectivity index (χ2n) is 8.97. The molecule has 2 fully saturated rings. The van der Waals surface area contributed by atoms with E-state index in [1.165, 1.54) is 0 Å². The predicted octanol–water partition coefficient (Wildman–Crippen LogP) is 2.16. The smallest absolute Gasteiger partial charge is 0.414 e. The number of amides is 2. The molecule has 0 saturated carbocycles. The fourth-order valence-electron chi connectivity index (χ4n) is 5.05. The van der Waals surface area contributed by atoms with Gasteiger partial charge < -0.3 is 29.7 Å². The Kier molecular flexibility index (Phi) is 5.68. The molecule has 1 aromatic carbocycles. The Hall–Kier alpha value is -4.12. The molecule has 2 saturated heterocycles. The summed E-state index contributed by atoms with van der Waals surface area (Å²) < 4.78 is 16.3. The molecule has 0 aliphatic carbocycles. The van der Waals surface area contributed by atoms with Crippen LogP contribution in [0.25, 0.3) is 11.0 Å². The molecule has 3 aromatic rings. The number of carbonyl (C=O) groups is 2. The number of anilines is 3. The molecule has 2 amide bonds. The van der Waals surface area contributed by atoms with Crippen molar-refractivity contribution in [3.8, 4) is 11.6 Å². The molecule has 2 N–H and O–H groups in total. The topological polar surface area (TPSA) is 118 Å². The number of methoxy groups -OCH3 is 1. The number of cyclic esters (lactones) is 1. The Bertz CT molecular complexity index is 1330. The van der Waals surface area contributed by atoms with Crippen molar-refractivity contribution in [2.45, 2.75) is 18.5 Å². The van der Waals surface area contributed by atoms with Gasteiger partial charge in [0.05, 0.1) is 30.0 Å². The number of rotatable bonds is 6. The summed E-state index contributed by atoms with van der Waals surface area (Å²) in [5.41, 5.74) is 3.61. The number of nitrogens with zero attached hydrogens (tertiary/aromatic N) is 4. The zero-order valence-electron chi connectivity index (χ0n) is 19.8. The standard InChI is InChI=1S/C25H26N6O5/c1-34-23-5-3-18-24(29-23)20(7-9-27-18)30(16-6-8-26-11-16)12-17-13-36-25(33)31(17)15-2-4-21-19(10-15)28-22(32)14-35-21/h2-5,7,9-10,16-17,26H,6,8,11-14H2,1H3,(H,28,32)/t16-,17-/m0/s1. The van der Waals surface area contributed by atoms with E-state index in [-0.39, 0.29) is 31.2 Å². The molecule has 2 atom stereocenters. The van der Waals surface area contributed by atoms with Crippen molar-refractivity contribution in [3.63, 3.8) is 0 Å². The second-order valence-corrected chi connectivity index (χ2v) is 8.97. The summed E-state index contributed by atoms with van der Waals surface area (Å²) in [6, 6.07) is 10.9. The van der Waals surface area contributed by atoms with Gasteiger partial charge in [-0.2, -0.15) is 0 Å². The number of benzene rings is 1. The Morgan fingerprint density at radius 2 is 2.11 bits per heavy atom. The SMILES string of the molecule is COc1ccc2nccc(N(C[C@H]3COC(=O)N3c3ccc4c(c3)NC(=O)CO4)[C@H]3CCNC3)c2n1. The van der Waals surface area contributed by atoms with Crippen molar-refractivity contribution in [3.05, 3.63) is 42.6 Å². The predicted molar refractivity (Wildman–Crippen MR) is 133 cm³/mol. The minimum atomic E-state index is -0.424. The van der Waals surface area contributed by atoms with Crippen LogP contribution in [-0.2, 0) is 9.53 Å². The summed E-state index contributed by atoms with van der Waals surface area (Å²) in [6.07, 6.45) is 2.31. The van der Waals surface area contributed by atoms with E-state index in [1.807, 2.05) is 18.2 Å². The average molecular weight is 491 g/mol. The zero-order valence-corrected chi connectivity index (χ0v) is 19.8. The van der Waals surface area contributed by atoms with Crippen LogP contribution in [0.15, 0.2) is 42.6 Å². The Balaban J connectivity index is 1.36. The van der Waals surface area contributed by atoms with Crippen LogP contribution in [0.5, 0.6) is 11.6 Å². The molecule has 36 heavy (non-hydrogen) atoms. The first kappa shape index (κ1) is 22.4. The van der Waals surface area contributed by atoms with E-state index in [9.17, 15) is 9.59 Å². The van der Waals surface area contributed by atoms with Crippen molar-refractivity contribution in [1.82, 2.24) is 15.3 Å². The summed E-state index contributed by atoms with van der Waals surface area (Å²) in [5.74, 6) is 0.859. The molecule has 11 nitrogen and oxygen atoms in total. The number of carbonyl (C=O) groups excluding carboxylic acids is 2. The molecular weight excluding hydrogens is 464 g/mol. The molecule has 0 radical (unpaired) electrons. The van der Waals surface area contributed by atoms with Gasteiger partial charge in [-0.3, -0.25) is 14.7 Å². The number of hydrogen-bond acceptors (Lipinski definition) is 9. The van der Waals surface area contributed by atoms with Crippen molar-refractivity contribution in [1.29, 1.82) is 0 Å². The summed E-state index contributed by atoms with van der Waals surface area (Å²) in [6.45, 7) is 2.47. The van der Waals surface area contributed by atoms with Crippen molar-refractivity contribution >= 4 is 40.1 Å². The third-order valence-electron chi connectivity index (χ3n) is 6.77. The molecule has 5 heterocycles. The summed E-state index contributed by atoms with van der Waals surface area (Å²) in [7, 11) is 1.59. The van der Waals surface area contributed by atoms with Gasteiger partial charge in [0.2, 0.25) is 5.88 Å². The molecule has 3 aliphatic rings.